The molecule has 0 aliphatic carbocycles. The largest absolute Gasteiger partial charge is 0.490 e. The first kappa shape index (κ1) is 16.8. The number of nitro benzene ring substituents is 1. The van der Waals surface area contributed by atoms with Gasteiger partial charge in [-0.2, -0.15) is 0 Å². The zero-order valence-corrected chi connectivity index (χ0v) is 13.3. The summed E-state index contributed by atoms with van der Waals surface area (Å²) in [6.45, 7) is 3.12. The number of ether oxygens (including phenoxy) is 1. The molecular formula is C14H21ClN4O3. The SMILES string of the molecule is COc1cc(N2CCC(NCCN)CC2)c(Cl)cc1[N+](=O)[O-]. The molecule has 0 amide bonds. The zero-order valence-electron chi connectivity index (χ0n) is 12.5. The summed E-state index contributed by atoms with van der Waals surface area (Å²) in [5.41, 5.74) is 6.16. The van der Waals surface area contributed by atoms with Crippen LogP contribution in [0.1, 0.15) is 12.8 Å². The second-order valence-electron chi connectivity index (χ2n) is 5.24. The number of nitrogens with one attached hydrogen (secondary N) is 1. The normalized spacial score (nSPS) is 15.9. The van der Waals surface area contributed by atoms with E-state index in [0.29, 0.717) is 17.6 Å². The highest BCUT2D eigenvalue weighted by Gasteiger charge is 2.24. The Kier molecular flexibility index (Phi) is 5.82. The molecule has 2 rings (SSSR count). The van der Waals surface area contributed by atoms with E-state index in [1.54, 1.807) is 6.07 Å². The van der Waals surface area contributed by atoms with Crippen LogP contribution in [0.3, 0.4) is 0 Å². The molecule has 1 aromatic rings. The third kappa shape index (κ3) is 3.79. The summed E-state index contributed by atoms with van der Waals surface area (Å²) in [5, 5.41) is 14.8. The Balaban J connectivity index is 2.12. The summed E-state index contributed by atoms with van der Waals surface area (Å²) < 4.78 is 5.11. The average molecular weight is 329 g/mol. The first-order chi connectivity index (χ1) is 10.6. The molecule has 0 atom stereocenters. The van der Waals surface area contributed by atoms with E-state index in [0.717, 1.165) is 38.2 Å². The number of benzene rings is 1. The van der Waals surface area contributed by atoms with Crippen molar-refractivity contribution in [2.24, 2.45) is 5.73 Å². The summed E-state index contributed by atoms with van der Waals surface area (Å²) in [6.07, 6.45) is 1.96. The number of nitrogens with two attached hydrogens (primary N) is 1. The Bertz CT molecular complexity index is 533. The summed E-state index contributed by atoms with van der Waals surface area (Å²) >= 11 is 6.22. The van der Waals surface area contributed by atoms with Gasteiger partial charge in [0.1, 0.15) is 0 Å². The molecule has 22 heavy (non-hydrogen) atoms. The van der Waals surface area contributed by atoms with Crippen molar-refractivity contribution in [3.8, 4) is 5.75 Å². The maximum atomic E-state index is 11.0. The van der Waals surface area contributed by atoms with Crippen LogP contribution in [0.4, 0.5) is 11.4 Å². The van der Waals surface area contributed by atoms with Crippen molar-refractivity contribution in [3.05, 3.63) is 27.3 Å². The zero-order chi connectivity index (χ0) is 16.1. The lowest BCUT2D eigenvalue weighted by atomic mass is 10.0. The van der Waals surface area contributed by atoms with Gasteiger partial charge in [-0.05, 0) is 12.8 Å². The molecule has 0 bridgehead atoms. The quantitative estimate of drug-likeness (QED) is 0.610. The number of piperidine rings is 1. The molecule has 0 radical (unpaired) electrons. The number of nitrogens with zero attached hydrogens (tertiary/aromatic N) is 2. The van der Waals surface area contributed by atoms with Crippen LogP contribution >= 0.6 is 11.6 Å². The predicted octanol–water partition coefficient (Wildman–Crippen LogP) is 1.77. The summed E-state index contributed by atoms with van der Waals surface area (Å²) in [7, 11) is 1.42. The van der Waals surface area contributed by atoms with Crippen molar-refractivity contribution in [2.45, 2.75) is 18.9 Å². The molecular weight excluding hydrogens is 308 g/mol. The highest BCUT2D eigenvalue weighted by molar-refractivity contribution is 6.33. The summed E-state index contributed by atoms with van der Waals surface area (Å²) in [5.74, 6) is 0.229. The monoisotopic (exact) mass is 328 g/mol. The molecule has 1 heterocycles. The first-order valence-corrected chi connectivity index (χ1v) is 7.65. The van der Waals surface area contributed by atoms with Gasteiger partial charge in [0.15, 0.2) is 5.75 Å². The maximum absolute atomic E-state index is 11.0. The van der Waals surface area contributed by atoms with E-state index in [4.69, 9.17) is 22.1 Å². The topological polar surface area (TPSA) is 93.7 Å². The van der Waals surface area contributed by atoms with E-state index in [-0.39, 0.29) is 11.4 Å². The van der Waals surface area contributed by atoms with E-state index in [9.17, 15) is 10.1 Å². The summed E-state index contributed by atoms with van der Waals surface area (Å²) in [4.78, 5) is 12.6. The van der Waals surface area contributed by atoms with Gasteiger partial charge < -0.3 is 20.7 Å². The standard InChI is InChI=1S/C14H21ClN4O3/c1-22-14-9-12(11(15)8-13(14)19(20)21)18-6-2-10(3-7-18)17-5-4-16/h8-10,17H,2-7,16H2,1H3. The predicted molar refractivity (Wildman–Crippen MR) is 87.0 cm³/mol. The van der Waals surface area contributed by atoms with Crippen LogP contribution < -0.4 is 20.7 Å². The minimum absolute atomic E-state index is 0.115. The van der Waals surface area contributed by atoms with Crippen molar-refractivity contribution >= 4 is 23.0 Å². The molecule has 1 saturated heterocycles. The second kappa shape index (κ2) is 7.62. The Morgan fingerprint density at radius 3 is 2.73 bits per heavy atom. The molecule has 0 saturated carbocycles. The molecule has 122 valence electrons. The number of halogens is 1. The van der Waals surface area contributed by atoms with Crippen LogP contribution in [0.5, 0.6) is 5.75 Å². The first-order valence-electron chi connectivity index (χ1n) is 7.27. The van der Waals surface area contributed by atoms with Crippen LogP contribution in [0.25, 0.3) is 0 Å². The van der Waals surface area contributed by atoms with Gasteiger partial charge in [0.25, 0.3) is 0 Å². The highest BCUT2D eigenvalue weighted by Crippen LogP contribution is 2.38. The molecule has 3 N–H and O–H groups in total. The van der Waals surface area contributed by atoms with E-state index in [2.05, 4.69) is 10.2 Å². The fourth-order valence-electron chi connectivity index (χ4n) is 2.69. The molecule has 0 spiro atoms. The van der Waals surface area contributed by atoms with E-state index in [1.165, 1.54) is 13.2 Å². The van der Waals surface area contributed by atoms with Crippen LogP contribution in [-0.4, -0.2) is 44.3 Å². The molecule has 7 nitrogen and oxygen atoms in total. The Morgan fingerprint density at radius 1 is 1.50 bits per heavy atom. The Labute approximate surface area is 134 Å². The van der Waals surface area contributed by atoms with Gasteiger partial charge in [-0.1, -0.05) is 11.6 Å². The average Bonchev–Trinajstić information content (AvgIpc) is 2.53. The molecule has 1 aliphatic heterocycles. The fraction of sp³-hybridized carbons (Fsp3) is 0.571. The van der Waals surface area contributed by atoms with Gasteiger partial charge >= 0.3 is 5.69 Å². The smallest absolute Gasteiger partial charge is 0.312 e. The van der Waals surface area contributed by atoms with Crippen molar-refractivity contribution in [1.29, 1.82) is 0 Å². The van der Waals surface area contributed by atoms with Crippen molar-refractivity contribution in [1.82, 2.24) is 5.32 Å². The number of rotatable bonds is 6. The van der Waals surface area contributed by atoms with Crippen LogP contribution in [-0.2, 0) is 0 Å². The van der Waals surface area contributed by atoms with E-state index >= 15 is 0 Å². The highest BCUT2D eigenvalue weighted by atomic mass is 35.5. The molecule has 1 aliphatic rings. The van der Waals surface area contributed by atoms with Gasteiger partial charge in [0.2, 0.25) is 0 Å². The number of hydrogen-bond acceptors (Lipinski definition) is 6. The molecule has 8 heteroatoms. The van der Waals surface area contributed by atoms with Crippen LogP contribution in [0, 0.1) is 10.1 Å². The number of hydrogen-bond donors (Lipinski definition) is 2. The molecule has 0 unspecified atom stereocenters. The third-order valence-electron chi connectivity index (χ3n) is 3.86. The lowest BCUT2D eigenvalue weighted by molar-refractivity contribution is -0.385. The Morgan fingerprint density at radius 2 is 2.18 bits per heavy atom. The molecule has 1 fully saturated rings. The van der Waals surface area contributed by atoms with Gasteiger partial charge in [-0.15, -0.1) is 0 Å². The van der Waals surface area contributed by atoms with Crippen LogP contribution in [0.15, 0.2) is 12.1 Å². The van der Waals surface area contributed by atoms with Gasteiger partial charge in [-0.3, -0.25) is 10.1 Å². The van der Waals surface area contributed by atoms with Gasteiger partial charge in [0, 0.05) is 44.4 Å². The third-order valence-corrected chi connectivity index (χ3v) is 4.16. The Hall–Kier alpha value is -1.57. The fourth-order valence-corrected chi connectivity index (χ4v) is 2.97. The number of methoxy groups -OCH3 is 1. The minimum atomic E-state index is -0.489. The van der Waals surface area contributed by atoms with E-state index in [1.807, 2.05) is 0 Å². The number of nitro groups is 1. The number of anilines is 1. The van der Waals surface area contributed by atoms with Gasteiger partial charge in [-0.25, -0.2) is 0 Å². The second-order valence-corrected chi connectivity index (χ2v) is 5.64. The van der Waals surface area contributed by atoms with Crippen molar-refractivity contribution < 1.29 is 9.66 Å². The van der Waals surface area contributed by atoms with Gasteiger partial charge in [0.05, 0.1) is 22.7 Å². The maximum Gasteiger partial charge on any atom is 0.312 e. The molecule has 0 aromatic heterocycles. The lowest BCUT2D eigenvalue weighted by Gasteiger charge is -2.34. The lowest BCUT2D eigenvalue weighted by Crippen LogP contribution is -2.44. The van der Waals surface area contributed by atoms with Crippen molar-refractivity contribution in [2.75, 3.05) is 38.2 Å². The minimum Gasteiger partial charge on any atom is -0.490 e. The summed E-state index contributed by atoms with van der Waals surface area (Å²) in [6, 6.07) is 3.46. The van der Waals surface area contributed by atoms with Crippen LogP contribution in [0.2, 0.25) is 5.02 Å². The van der Waals surface area contributed by atoms with Crippen molar-refractivity contribution in [3.63, 3.8) is 0 Å². The van der Waals surface area contributed by atoms with E-state index < -0.39 is 4.92 Å². The molecule has 1 aromatic carbocycles.